The summed E-state index contributed by atoms with van der Waals surface area (Å²) in [6.45, 7) is 0.471. The summed E-state index contributed by atoms with van der Waals surface area (Å²) in [5, 5.41) is 0. The van der Waals surface area contributed by atoms with Crippen molar-refractivity contribution in [2.75, 3.05) is 20.8 Å². The number of methoxy groups -OCH3 is 2. The molecule has 1 aromatic carbocycles. The van der Waals surface area contributed by atoms with Crippen molar-refractivity contribution >= 4 is 0 Å². The Morgan fingerprint density at radius 2 is 1.85 bits per heavy atom. The second-order valence-electron chi connectivity index (χ2n) is 5.52. The van der Waals surface area contributed by atoms with Crippen LogP contribution in [0.25, 0.3) is 0 Å². The number of halogens is 1. The van der Waals surface area contributed by atoms with E-state index in [2.05, 4.69) is 0 Å². The fourth-order valence-electron chi connectivity index (χ4n) is 3.32. The number of benzene rings is 1. The molecule has 0 bridgehead atoms. The fourth-order valence-corrected chi connectivity index (χ4v) is 3.32. The highest BCUT2D eigenvalue weighted by Gasteiger charge is 2.38. The molecule has 1 atom stereocenters. The first-order valence-electron chi connectivity index (χ1n) is 7.20. The molecule has 1 aliphatic carbocycles. The first-order chi connectivity index (χ1) is 9.65. The first-order valence-corrected chi connectivity index (χ1v) is 7.20. The second kappa shape index (κ2) is 6.66. The van der Waals surface area contributed by atoms with Crippen LogP contribution in [0.2, 0.25) is 0 Å². The van der Waals surface area contributed by atoms with Crippen LogP contribution in [0, 0.1) is 11.7 Å². The van der Waals surface area contributed by atoms with Gasteiger partial charge in [-0.1, -0.05) is 18.2 Å². The molecule has 1 unspecified atom stereocenters. The SMILES string of the molecule is COC1(OC)CCC(C(CN)c2ccccc2F)CC1. The minimum atomic E-state index is -0.467. The minimum Gasteiger partial charge on any atom is -0.353 e. The van der Waals surface area contributed by atoms with Gasteiger partial charge in [-0.2, -0.15) is 0 Å². The maximum Gasteiger partial charge on any atom is 0.167 e. The molecular formula is C16H24FNO2. The number of hydrogen-bond acceptors (Lipinski definition) is 3. The van der Waals surface area contributed by atoms with Crippen LogP contribution in [-0.4, -0.2) is 26.6 Å². The fraction of sp³-hybridized carbons (Fsp3) is 0.625. The van der Waals surface area contributed by atoms with Gasteiger partial charge in [-0.25, -0.2) is 4.39 Å². The van der Waals surface area contributed by atoms with Crippen LogP contribution in [0.4, 0.5) is 4.39 Å². The van der Waals surface area contributed by atoms with E-state index in [0.717, 1.165) is 31.2 Å². The molecule has 3 nitrogen and oxygen atoms in total. The van der Waals surface area contributed by atoms with E-state index in [4.69, 9.17) is 15.2 Å². The van der Waals surface area contributed by atoms with Gasteiger partial charge in [0.05, 0.1) is 0 Å². The molecule has 112 valence electrons. The van der Waals surface area contributed by atoms with Crippen molar-refractivity contribution < 1.29 is 13.9 Å². The Kier molecular flexibility index (Phi) is 5.13. The van der Waals surface area contributed by atoms with E-state index in [1.54, 1.807) is 20.3 Å². The monoisotopic (exact) mass is 281 g/mol. The van der Waals surface area contributed by atoms with Crippen molar-refractivity contribution in [1.29, 1.82) is 0 Å². The number of nitrogens with two attached hydrogens (primary N) is 1. The van der Waals surface area contributed by atoms with Gasteiger partial charge in [-0.3, -0.25) is 0 Å². The molecule has 1 saturated carbocycles. The third-order valence-electron chi connectivity index (χ3n) is 4.66. The largest absolute Gasteiger partial charge is 0.353 e. The van der Waals surface area contributed by atoms with Gasteiger partial charge in [0.1, 0.15) is 5.82 Å². The third-order valence-corrected chi connectivity index (χ3v) is 4.66. The molecule has 0 aliphatic heterocycles. The van der Waals surface area contributed by atoms with Crippen LogP contribution in [0.3, 0.4) is 0 Å². The molecule has 4 heteroatoms. The lowest BCUT2D eigenvalue weighted by molar-refractivity contribution is -0.228. The molecular weight excluding hydrogens is 257 g/mol. The van der Waals surface area contributed by atoms with Crippen LogP contribution in [0.15, 0.2) is 24.3 Å². The van der Waals surface area contributed by atoms with Crippen molar-refractivity contribution in [3.05, 3.63) is 35.6 Å². The summed E-state index contributed by atoms with van der Waals surface area (Å²) in [5.74, 6) is -0.165. The maximum atomic E-state index is 14.0. The quantitative estimate of drug-likeness (QED) is 0.844. The number of rotatable bonds is 5. The summed E-state index contributed by atoms with van der Waals surface area (Å²) in [6, 6.07) is 6.95. The Balaban J connectivity index is 2.10. The standard InChI is InChI=1S/C16H24FNO2/c1-19-16(20-2)9-7-12(8-10-16)14(11-18)13-5-3-4-6-15(13)17/h3-6,12,14H,7-11,18H2,1-2H3. The molecule has 1 aromatic rings. The average molecular weight is 281 g/mol. The summed E-state index contributed by atoms with van der Waals surface area (Å²) in [5.41, 5.74) is 6.65. The van der Waals surface area contributed by atoms with Crippen LogP contribution in [-0.2, 0) is 9.47 Å². The lowest BCUT2D eigenvalue weighted by Crippen LogP contribution is -2.40. The minimum absolute atomic E-state index is 0.0721. The van der Waals surface area contributed by atoms with Crippen molar-refractivity contribution in [3.8, 4) is 0 Å². The van der Waals surface area contributed by atoms with E-state index in [0.29, 0.717) is 12.5 Å². The summed E-state index contributed by atoms with van der Waals surface area (Å²) in [6.07, 6.45) is 3.54. The zero-order valence-electron chi connectivity index (χ0n) is 12.3. The zero-order chi connectivity index (χ0) is 14.6. The van der Waals surface area contributed by atoms with E-state index in [9.17, 15) is 4.39 Å². The molecule has 0 amide bonds. The Morgan fingerprint density at radius 3 is 2.35 bits per heavy atom. The topological polar surface area (TPSA) is 44.5 Å². The van der Waals surface area contributed by atoms with E-state index >= 15 is 0 Å². The Morgan fingerprint density at radius 1 is 1.25 bits per heavy atom. The van der Waals surface area contributed by atoms with E-state index < -0.39 is 5.79 Å². The van der Waals surface area contributed by atoms with Crippen LogP contribution >= 0.6 is 0 Å². The van der Waals surface area contributed by atoms with Crippen molar-refractivity contribution in [2.24, 2.45) is 11.7 Å². The average Bonchev–Trinajstić information content (AvgIpc) is 2.51. The van der Waals surface area contributed by atoms with Gasteiger partial charge in [0.15, 0.2) is 5.79 Å². The van der Waals surface area contributed by atoms with Crippen molar-refractivity contribution in [2.45, 2.75) is 37.4 Å². The van der Waals surface area contributed by atoms with Gasteiger partial charge in [0.2, 0.25) is 0 Å². The lowest BCUT2D eigenvalue weighted by Gasteiger charge is -2.40. The van der Waals surface area contributed by atoms with Crippen LogP contribution in [0.1, 0.15) is 37.2 Å². The molecule has 1 aliphatic rings. The Hall–Kier alpha value is -0.970. The van der Waals surface area contributed by atoms with E-state index in [1.807, 2.05) is 12.1 Å². The van der Waals surface area contributed by atoms with Gasteiger partial charge in [-0.15, -0.1) is 0 Å². The normalized spacial score (nSPS) is 20.8. The highest BCUT2D eigenvalue weighted by molar-refractivity contribution is 5.23. The molecule has 1 fully saturated rings. The van der Waals surface area contributed by atoms with E-state index in [1.165, 1.54) is 6.07 Å². The summed E-state index contributed by atoms with van der Waals surface area (Å²) in [7, 11) is 3.36. The predicted molar refractivity (Wildman–Crippen MR) is 76.9 cm³/mol. The summed E-state index contributed by atoms with van der Waals surface area (Å²) in [4.78, 5) is 0. The van der Waals surface area contributed by atoms with Gasteiger partial charge in [0, 0.05) is 33.0 Å². The van der Waals surface area contributed by atoms with Crippen molar-refractivity contribution in [3.63, 3.8) is 0 Å². The van der Waals surface area contributed by atoms with Gasteiger partial charge >= 0.3 is 0 Å². The predicted octanol–water partition coefficient (Wildman–Crippen LogP) is 3.05. The Bertz CT molecular complexity index is 424. The van der Waals surface area contributed by atoms with Crippen LogP contribution < -0.4 is 5.73 Å². The molecule has 20 heavy (non-hydrogen) atoms. The molecule has 2 rings (SSSR count). The van der Waals surface area contributed by atoms with Gasteiger partial charge < -0.3 is 15.2 Å². The smallest absolute Gasteiger partial charge is 0.167 e. The number of hydrogen-bond donors (Lipinski definition) is 1. The highest BCUT2D eigenvalue weighted by Crippen LogP contribution is 2.41. The highest BCUT2D eigenvalue weighted by atomic mass is 19.1. The molecule has 0 saturated heterocycles. The molecule has 0 radical (unpaired) electrons. The van der Waals surface area contributed by atoms with Crippen molar-refractivity contribution in [1.82, 2.24) is 0 Å². The van der Waals surface area contributed by atoms with Crippen LogP contribution in [0.5, 0.6) is 0 Å². The number of ether oxygens (including phenoxy) is 2. The van der Waals surface area contributed by atoms with E-state index in [-0.39, 0.29) is 11.7 Å². The maximum absolute atomic E-state index is 14.0. The third kappa shape index (κ3) is 3.03. The molecule has 2 N–H and O–H groups in total. The van der Waals surface area contributed by atoms with Gasteiger partial charge in [-0.05, 0) is 36.9 Å². The summed E-state index contributed by atoms with van der Waals surface area (Å²) >= 11 is 0. The molecule has 0 spiro atoms. The van der Waals surface area contributed by atoms with Gasteiger partial charge in [0.25, 0.3) is 0 Å². The second-order valence-corrected chi connectivity index (χ2v) is 5.52. The Labute approximate surface area is 120 Å². The molecule has 0 heterocycles. The molecule has 0 aromatic heterocycles. The summed E-state index contributed by atoms with van der Waals surface area (Å²) < 4.78 is 24.9. The zero-order valence-corrected chi connectivity index (χ0v) is 12.3. The lowest BCUT2D eigenvalue weighted by atomic mass is 9.74. The first kappa shape index (κ1) is 15.4.